The van der Waals surface area contributed by atoms with Gasteiger partial charge in [0.1, 0.15) is 5.75 Å². The van der Waals surface area contributed by atoms with Gasteiger partial charge >= 0.3 is 6.03 Å². The van der Waals surface area contributed by atoms with Gasteiger partial charge in [0.2, 0.25) is 0 Å². The molecule has 0 fully saturated rings. The second kappa shape index (κ2) is 7.91. The number of nitrogens with one attached hydrogen (secondary N) is 2. The summed E-state index contributed by atoms with van der Waals surface area (Å²) in [7, 11) is 0. The standard InChI is InChI=1S/C24H23N3O3/c1-4-27-20-7-5-6-8-22(20)30-21-10-9-17(14-19(21)23(27)28)25-24(29)26-18-12-15(2)11-16(3)13-18/h5-14H,4H2,1-3H3,(H2,25,26,29). The number of benzene rings is 3. The highest BCUT2D eigenvalue weighted by Gasteiger charge is 2.27. The predicted molar refractivity (Wildman–Crippen MR) is 119 cm³/mol. The maximum Gasteiger partial charge on any atom is 0.323 e. The molecule has 0 atom stereocenters. The highest BCUT2D eigenvalue weighted by molar-refractivity contribution is 6.10. The first kappa shape index (κ1) is 19.5. The Morgan fingerprint density at radius 1 is 0.900 bits per heavy atom. The summed E-state index contributed by atoms with van der Waals surface area (Å²) in [5.41, 5.74) is 4.48. The second-order valence-corrected chi connectivity index (χ2v) is 7.29. The number of aryl methyl sites for hydroxylation is 2. The monoisotopic (exact) mass is 401 g/mol. The molecular weight excluding hydrogens is 378 g/mol. The first-order chi connectivity index (χ1) is 14.4. The zero-order valence-corrected chi connectivity index (χ0v) is 17.2. The van der Waals surface area contributed by atoms with Gasteiger partial charge in [0, 0.05) is 17.9 Å². The van der Waals surface area contributed by atoms with Crippen LogP contribution in [0.1, 0.15) is 28.4 Å². The van der Waals surface area contributed by atoms with E-state index in [1.807, 2.05) is 63.2 Å². The van der Waals surface area contributed by atoms with Crippen LogP contribution in [0.25, 0.3) is 0 Å². The molecule has 0 unspecified atom stereocenters. The summed E-state index contributed by atoms with van der Waals surface area (Å²) in [5.74, 6) is 0.916. The molecule has 0 spiro atoms. The number of nitrogens with zero attached hydrogens (tertiary/aromatic N) is 1. The minimum Gasteiger partial charge on any atom is -0.454 e. The lowest BCUT2D eigenvalue weighted by atomic mass is 10.1. The molecule has 6 nitrogen and oxygen atoms in total. The van der Waals surface area contributed by atoms with Crippen LogP contribution >= 0.6 is 0 Å². The number of urea groups is 1. The molecular formula is C24H23N3O3. The molecule has 1 aliphatic rings. The van der Waals surface area contributed by atoms with E-state index in [-0.39, 0.29) is 11.9 Å². The van der Waals surface area contributed by atoms with E-state index in [9.17, 15) is 9.59 Å². The van der Waals surface area contributed by atoms with Gasteiger partial charge in [-0.2, -0.15) is 0 Å². The number of para-hydroxylation sites is 2. The van der Waals surface area contributed by atoms with E-state index >= 15 is 0 Å². The molecule has 0 saturated carbocycles. The average molecular weight is 401 g/mol. The van der Waals surface area contributed by atoms with Crippen LogP contribution in [-0.4, -0.2) is 18.5 Å². The predicted octanol–water partition coefficient (Wildman–Crippen LogP) is 5.72. The van der Waals surface area contributed by atoms with E-state index in [1.54, 1.807) is 23.1 Å². The highest BCUT2D eigenvalue weighted by Crippen LogP contribution is 2.39. The van der Waals surface area contributed by atoms with Crippen molar-refractivity contribution in [2.24, 2.45) is 0 Å². The summed E-state index contributed by atoms with van der Waals surface area (Å²) in [5, 5.41) is 5.63. The lowest BCUT2D eigenvalue weighted by molar-refractivity contribution is 0.0988. The van der Waals surface area contributed by atoms with Crippen LogP contribution in [0.5, 0.6) is 11.5 Å². The molecule has 3 aromatic rings. The Balaban J connectivity index is 1.59. The van der Waals surface area contributed by atoms with E-state index in [2.05, 4.69) is 10.6 Å². The number of hydrogen-bond acceptors (Lipinski definition) is 3. The van der Waals surface area contributed by atoms with Gasteiger partial charge in [-0.15, -0.1) is 0 Å². The third kappa shape index (κ3) is 3.85. The summed E-state index contributed by atoms with van der Waals surface area (Å²) in [6.45, 7) is 6.37. The first-order valence-electron chi connectivity index (χ1n) is 9.83. The molecule has 30 heavy (non-hydrogen) atoms. The Morgan fingerprint density at radius 2 is 1.60 bits per heavy atom. The topological polar surface area (TPSA) is 70.7 Å². The van der Waals surface area contributed by atoms with E-state index in [0.29, 0.717) is 35.0 Å². The van der Waals surface area contributed by atoms with Gasteiger partial charge in [0.05, 0.1) is 11.3 Å². The molecule has 3 amide bonds. The van der Waals surface area contributed by atoms with E-state index in [1.165, 1.54) is 0 Å². The Labute approximate surface area is 175 Å². The third-order valence-electron chi connectivity index (χ3n) is 4.88. The molecule has 0 bridgehead atoms. The number of amides is 3. The molecule has 0 aliphatic carbocycles. The van der Waals surface area contributed by atoms with Gasteiger partial charge in [0.25, 0.3) is 5.91 Å². The number of carbonyl (C=O) groups excluding carboxylic acids is 2. The van der Waals surface area contributed by atoms with E-state index in [4.69, 9.17) is 4.74 Å². The Morgan fingerprint density at radius 3 is 2.33 bits per heavy atom. The summed E-state index contributed by atoms with van der Waals surface area (Å²) >= 11 is 0. The van der Waals surface area contributed by atoms with E-state index < -0.39 is 0 Å². The maximum atomic E-state index is 13.2. The largest absolute Gasteiger partial charge is 0.454 e. The van der Waals surface area contributed by atoms with Crippen molar-refractivity contribution in [3.63, 3.8) is 0 Å². The lowest BCUT2D eigenvalue weighted by Gasteiger charge is -2.19. The van der Waals surface area contributed by atoms with Crippen LogP contribution in [0.15, 0.2) is 60.7 Å². The number of ether oxygens (including phenoxy) is 1. The van der Waals surface area contributed by atoms with Crippen molar-refractivity contribution in [3.05, 3.63) is 77.4 Å². The smallest absolute Gasteiger partial charge is 0.323 e. The summed E-state index contributed by atoms with van der Waals surface area (Å²) in [6, 6.07) is 18.0. The van der Waals surface area contributed by atoms with Crippen molar-refractivity contribution in [2.75, 3.05) is 22.1 Å². The summed E-state index contributed by atoms with van der Waals surface area (Å²) < 4.78 is 6.00. The third-order valence-corrected chi connectivity index (χ3v) is 4.88. The quantitative estimate of drug-likeness (QED) is 0.590. The molecule has 0 saturated heterocycles. The number of fused-ring (bicyclic) bond motifs is 2. The number of rotatable bonds is 3. The zero-order chi connectivity index (χ0) is 21.3. The Kier molecular flexibility index (Phi) is 5.14. The molecule has 4 rings (SSSR count). The normalized spacial score (nSPS) is 12.4. The van der Waals surface area contributed by atoms with Crippen LogP contribution in [0.4, 0.5) is 21.9 Å². The molecule has 6 heteroatoms. The van der Waals surface area contributed by atoms with Gasteiger partial charge < -0.3 is 20.3 Å². The zero-order valence-electron chi connectivity index (χ0n) is 17.2. The number of hydrogen-bond donors (Lipinski definition) is 2. The molecule has 1 heterocycles. The molecule has 2 N–H and O–H groups in total. The Bertz CT molecular complexity index is 1120. The van der Waals surface area contributed by atoms with Crippen LogP contribution < -0.4 is 20.3 Å². The van der Waals surface area contributed by atoms with E-state index in [0.717, 1.165) is 16.8 Å². The molecule has 0 radical (unpaired) electrons. The van der Waals surface area contributed by atoms with Crippen molar-refractivity contribution in [1.29, 1.82) is 0 Å². The SMILES string of the molecule is CCN1C(=O)c2cc(NC(=O)Nc3cc(C)cc(C)c3)ccc2Oc2ccccc21. The van der Waals surface area contributed by atoms with Crippen LogP contribution in [0.3, 0.4) is 0 Å². The van der Waals surface area contributed by atoms with Crippen molar-refractivity contribution in [1.82, 2.24) is 0 Å². The fourth-order valence-electron chi connectivity index (χ4n) is 3.66. The average Bonchev–Trinajstić information content (AvgIpc) is 2.81. The number of carbonyl (C=O) groups is 2. The number of anilines is 3. The maximum absolute atomic E-state index is 13.2. The van der Waals surface area contributed by atoms with Crippen molar-refractivity contribution >= 4 is 29.0 Å². The minimum atomic E-state index is -0.377. The summed E-state index contributed by atoms with van der Waals surface area (Å²) in [6.07, 6.45) is 0. The van der Waals surface area contributed by atoms with Crippen LogP contribution in [-0.2, 0) is 0 Å². The second-order valence-electron chi connectivity index (χ2n) is 7.29. The van der Waals surface area contributed by atoms with Crippen molar-refractivity contribution < 1.29 is 14.3 Å². The molecule has 3 aromatic carbocycles. The molecule has 1 aliphatic heterocycles. The summed E-state index contributed by atoms with van der Waals surface area (Å²) in [4.78, 5) is 27.3. The van der Waals surface area contributed by atoms with Crippen LogP contribution in [0, 0.1) is 13.8 Å². The Hall–Kier alpha value is -3.80. The van der Waals surface area contributed by atoms with Gasteiger partial charge in [-0.25, -0.2) is 4.79 Å². The molecule has 0 aromatic heterocycles. The van der Waals surface area contributed by atoms with Crippen molar-refractivity contribution in [2.45, 2.75) is 20.8 Å². The first-order valence-corrected chi connectivity index (χ1v) is 9.83. The van der Waals surface area contributed by atoms with Gasteiger partial charge in [-0.05, 0) is 74.4 Å². The van der Waals surface area contributed by atoms with Crippen LogP contribution in [0.2, 0.25) is 0 Å². The lowest BCUT2D eigenvalue weighted by Crippen LogP contribution is -2.30. The molecule has 152 valence electrons. The highest BCUT2D eigenvalue weighted by atomic mass is 16.5. The van der Waals surface area contributed by atoms with Gasteiger partial charge in [0.15, 0.2) is 5.75 Å². The van der Waals surface area contributed by atoms with Gasteiger partial charge in [-0.3, -0.25) is 4.79 Å². The minimum absolute atomic E-state index is 0.171. The van der Waals surface area contributed by atoms with Gasteiger partial charge in [-0.1, -0.05) is 18.2 Å². The van der Waals surface area contributed by atoms with Crippen molar-refractivity contribution in [3.8, 4) is 11.5 Å². The fraction of sp³-hybridized carbons (Fsp3) is 0.167. The fourth-order valence-corrected chi connectivity index (χ4v) is 3.66.